The zero-order chi connectivity index (χ0) is 29.3. The van der Waals surface area contributed by atoms with Gasteiger partial charge in [0.2, 0.25) is 0 Å². The van der Waals surface area contributed by atoms with Gasteiger partial charge in [0.1, 0.15) is 17.2 Å². The van der Waals surface area contributed by atoms with Crippen LogP contribution in [0.25, 0.3) is 16.7 Å². The monoisotopic (exact) mass is 561 g/mol. The number of anilines is 2. The molecule has 0 atom stereocenters. The number of carbonyl (C=O) groups is 1. The molecule has 9 nitrogen and oxygen atoms in total. The lowest BCUT2D eigenvalue weighted by Gasteiger charge is -2.21. The molecule has 0 saturated carbocycles. The Balaban J connectivity index is 2.04. The number of allylic oxidation sites excluding steroid dienone is 1. The van der Waals surface area contributed by atoms with Crippen molar-refractivity contribution in [3.05, 3.63) is 60.6 Å². The molecule has 0 saturated heterocycles. The first-order valence-corrected chi connectivity index (χ1v) is 12.8. The Morgan fingerprint density at radius 2 is 1.88 bits per heavy atom. The molecule has 1 amide bonds. The van der Waals surface area contributed by atoms with Gasteiger partial charge in [-0.2, -0.15) is 5.10 Å². The fraction of sp³-hybridized carbons (Fsp3) is 0.393. The molecule has 0 aliphatic rings. The van der Waals surface area contributed by atoms with E-state index in [1.54, 1.807) is 44.0 Å². The van der Waals surface area contributed by atoms with Crippen LogP contribution in [-0.2, 0) is 11.3 Å². The van der Waals surface area contributed by atoms with Gasteiger partial charge in [0.05, 0.1) is 19.3 Å². The van der Waals surface area contributed by atoms with Crippen LogP contribution < -0.4 is 15.4 Å². The van der Waals surface area contributed by atoms with Crippen LogP contribution in [0.5, 0.6) is 5.75 Å². The van der Waals surface area contributed by atoms with Crippen LogP contribution in [0.1, 0.15) is 46.1 Å². The van der Waals surface area contributed by atoms with Crippen LogP contribution >= 0.6 is 0 Å². The van der Waals surface area contributed by atoms with Crippen LogP contribution in [0.2, 0.25) is 0 Å². The first kappa shape index (κ1) is 30.5. The van der Waals surface area contributed by atoms with Gasteiger partial charge in [-0.05, 0) is 68.7 Å². The third-order valence-electron chi connectivity index (χ3n) is 5.40. The molecule has 0 spiro atoms. The molecule has 3 aromatic rings. The fourth-order valence-electron chi connectivity index (χ4n) is 3.79. The van der Waals surface area contributed by atoms with Crippen molar-refractivity contribution >= 4 is 23.2 Å². The normalized spacial score (nSPS) is 12.2. The molecule has 0 radical (unpaired) electrons. The Hall–Kier alpha value is -4.06. The SMILES string of the molecule is CCC/C=C(/CNC(=O)OC(C)(C)C)c1c(-c2cnn(CCO)c2)ccnc1Nc1ccc(OC(F)(F)F)cc1. The Bertz CT molecular complexity index is 1300. The van der Waals surface area contributed by atoms with E-state index in [-0.39, 0.29) is 18.9 Å². The van der Waals surface area contributed by atoms with Crippen LogP contribution in [-0.4, -0.2) is 51.1 Å². The van der Waals surface area contributed by atoms with Gasteiger partial charge in [0.15, 0.2) is 0 Å². The lowest BCUT2D eigenvalue weighted by Crippen LogP contribution is -2.33. The van der Waals surface area contributed by atoms with Gasteiger partial charge >= 0.3 is 12.5 Å². The predicted molar refractivity (Wildman–Crippen MR) is 146 cm³/mol. The van der Waals surface area contributed by atoms with E-state index in [0.29, 0.717) is 30.0 Å². The number of halogens is 3. The molecule has 2 aromatic heterocycles. The lowest BCUT2D eigenvalue weighted by atomic mass is 9.95. The van der Waals surface area contributed by atoms with Gasteiger partial charge in [-0.1, -0.05) is 19.4 Å². The van der Waals surface area contributed by atoms with Gasteiger partial charge < -0.3 is 25.2 Å². The number of pyridine rings is 1. The molecule has 3 rings (SSSR count). The molecule has 0 aliphatic carbocycles. The number of hydrogen-bond donors (Lipinski definition) is 3. The van der Waals surface area contributed by atoms with Gasteiger partial charge in [0, 0.05) is 35.8 Å². The maximum atomic E-state index is 12.6. The predicted octanol–water partition coefficient (Wildman–Crippen LogP) is 6.29. The third kappa shape index (κ3) is 9.30. The van der Waals surface area contributed by atoms with Gasteiger partial charge in [0.25, 0.3) is 0 Å². The number of alkyl halides is 3. The van der Waals surface area contributed by atoms with Crippen LogP contribution in [0.4, 0.5) is 29.5 Å². The topological polar surface area (TPSA) is 111 Å². The van der Waals surface area contributed by atoms with Crippen molar-refractivity contribution in [2.75, 3.05) is 18.5 Å². The second kappa shape index (κ2) is 13.3. The summed E-state index contributed by atoms with van der Waals surface area (Å²) >= 11 is 0. The summed E-state index contributed by atoms with van der Waals surface area (Å²) in [6, 6.07) is 7.13. The molecule has 3 N–H and O–H groups in total. The molecular formula is C28H34F3N5O4. The van der Waals surface area contributed by atoms with E-state index in [1.807, 2.05) is 19.1 Å². The second-order valence-electron chi connectivity index (χ2n) is 9.87. The van der Waals surface area contributed by atoms with Crippen molar-refractivity contribution in [3.63, 3.8) is 0 Å². The molecule has 2 heterocycles. The van der Waals surface area contributed by atoms with E-state index >= 15 is 0 Å². The summed E-state index contributed by atoms with van der Waals surface area (Å²) < 4.78 is 48.8. The van der Waals surface area contributed by atoms with Crippen molar-refractivity contribution < 1.29 is 32.5 Å². The standard InChI is InChI=1S/C28H34F3N5O4/c1-5-6-7-19(16-33-26(38)40-27(2,3)4)24-23(20-17-34-36(18-20)14-15-37)12-13-32-25(24)35-21-8-10-22(11-9-21)39-28(29,30)31/h7-13,17-18,37H,5-6,14-16H2,1-4H3,(H,32,35)(H,33,38)/b19-7-. The maximum Gasteiger partial charge on any atom is 0.573 e. The number of rotatable bonds is 11. The van der Waals surface area contributed by atoms with E-state index < -0.39 is 18.1 Å². The number of ether oxygens (including phenoxy) is 2. The van der Waals surface area contributed by atoms with E-state index in [0.717, 1.165) is 23.1 Å². The van der Waals surface area contributed by atoms with E-state index in [1.165, 1.54) is 24.3 Å². The van der Waals surface area contributed by atoms with Crippen molar-refractivity contribution in [3.8, 4) is 16.9 Å². The Morgan fingerprint density at radius 1 is 1.15 bits per heavy atom. The molecule has 0 aliphatic heterocycles. The third-order valence-corrected chi connectivity index (χ3v) is 5.40. The number of carbonyl (C=O) groups excluding carboxylic acids is 1. The summed E-state index contributed by atoms with van der Waals surface area (Å²) in [6.07, 6.45) is 3.26. The number of amides is 1. The van der Waals surface area contributed by atoms with Crippen LogP contribution in [0.3, 0.4) is 0 Å². The highest BCUT2D eigenvalue weighted by Crippen LogP contribution is 2.35. The smallest absolute Gasteiger partial charge is 0.444 e. The summed E-state index contributed by atoms with van der Waals surface area (Å²) in [6.45, 7) is 7.72. The first-order valence-electron chi connectivity index (χ1n) is 12.8. The Morgan fingerprint density at radius 3 is 2.50 bits per heavy atom. The Kier molecular flexibility index (Phi) is 10.2. The second-order valence-corrected chi connectivity index (χ2v) is 9.87. The zero-order valence-corrected chi connectivity index (χ0v) is 22.9. The average molecular weight is 562 g/mol. The number of aliphatic hydroxyl groups excluding tert-OH is 1. The Labute approximate surface area is 231 Å². The van der Waals surface area contributed by atoms with Crippen molar-refractivity contribution in [1.82, 2.24) is 20.1 Å². The highest BCUT2D eigenvalue weighted by Gasteiger charge is 2.31. The zero-order valence-electron chi connectivity index (χ0n) is 22.9. The number of benzene rings is 1. The summed E-state index contributed by atoms with van der Waals surface area (Å²) in [7, 11) is 0. The van der Waals surface area contributed by atoms with E-state index in [2.05, 4.69) is 25.5 Å². The molecule has 0 unspecified atom stereocenters. The highest BCUT2D eigenvalue weighted by atomic mass is 19.4. The van der Waals surface area contributed by atoms with E-state index in [4.69, 9.17) is 4.74 Å². The molecule has 1 aromatic carbocycles. The largest absolute Gasteiger partial charge is 0.573 e. The number of nitrogens with zero attached hydrogens (tertiary/aromatic N) is 3. The number of aromatic nitrogens is 3. The first-order chi connectivity index (χ1) is 18.9. The molecular weight excluding hydrogens is 527 g/mol. The number of hydrogen-bond acceptors (Lipinski definition) is 7. The minimum Gasteiger partial charge on any atom is -0.444 e. The van der Waals surface area contributed by atoms with Crippen molar-refractivity contribution in [2.45, 2.75) is 59.0 Å². The lowest BCUT2D eigenvalue weighted by molar-refractivity contribution is -0.274. The van der Waals surface area contributed by atoms with Crippen LogP contribution in [0.15, 0.2) is 55.0 Å². The minimum absolute atomic E-state index is 0.0767. The summed E-state index contributed by atoms with van der Waals surface area (Å²) in [4.78, 5) is 17.0. The number of nitrogens with one attached hydrogen (secondary N) is 2. The minimum atomic E-state index is -4.79. The van der Waals surface area contributed by atoms with Crippen LogP contribution in [0, 0.1) is 0 Å². The summed E-state index contributed by atoms with van der Waals surface area (Å²) in [5.74, 6) is 0.0756. The summed E-state index contributed by atoms with van der Waals surface area (Å²) in [5.41, 5.74) is 2.74. The van der Waals surface area contributed by atoms with Gasteiger partial charge in [-0.3, -0.25) is 4.68 Å². The number of alkyl carbamates (subject to hydrolysis) is 1. The number of aliphatic hydroxyl groups is 1. The van der Waals surface area contributed by atoms with Crippen molar-refractivity contribution in [2.24, 2.45) is 0 Å². The van der Waals surface area contributed by atoms with E-state index in [9.17, 15) is 23.1 Å². The molecule has 0 bridgehead atoms. The fourth-order valence-corrected chi connectivity index (χ4v) is 3.79. The molecule has 0 fully saturated rings. The quantitative estimate of drug-likeness (QED) is 0.252. The van der Waals surface area contributed by atoms with Crippen molar-refractivity contribution in [1.29, 1.82) is 0 Å². The molecule has 40 heavy (non-hydrogen) atoms. The number of unbranched alkanes of at least 4 members (excludes halogenated alkanes) is 1. The molecule has 216 valence electrons. The maximum absolute atomic E-state index is 12.6. The van der Waals surface area contributed by atoms with Gasteiger partial charge in [-0.15, -0.1) is 13.2 Å². The highest BCUT2D eigenvalue weighted by molar-refractivity contribution is 5.89. The summed E-state index contributed by atoms with van der Waals surface area (Å²) in [5, 5.41) is 19.6. The van der Waals surface area contributed by atoms with Gasteiger partial charge in [-0.25, -0.2) is 9.78 Å². The average Bonchev–Trinajstić information content (AvgIpc) is 3.32. The molecule has 12 heteroatoms.